The molecule has 0 bridgehead atoms. The lowest BCUT2D eigenvalue weighted by molar-refractivity contribution is 0.509. The SMILES string of the molecule is Cc1ccc(-n2c(Sc3ccc4nnnn4n3)nc3sc4c(c3c2=O)CC[C@H](C)C4)cc1Cl. The minimum atomic E-state index is -0.0713. The summed E-state index contributed by atoms with van der Waals surface area (Å²) in [6.07, 6.45) is 2.99. The van der Waals surface area contributed by atoms with Gasteiger partial charge in [0.15, 0.2) is 10.8 Å². The molecule has 0 spiro atoms. The molecule has 0 amide bonds. The average molecular weight is 496 g/mol. The molecule has 8 nitrogen and oxygen atoms in total. The topological polar surface area (TPSA) is 90.9 Å². The van der Waals surface area contributed by atoms with Gasteiger partial charge in [0, 0.05) is 9.90 Å². The Bertz CT molecular complexity index is 1610. The highest BCUT2D eigenvalue weighted by Gasteiger charge is 2.25. The summed E-state index contributed by atoms with van der Waals surface area (Å²) in [6, 6.07) is 9.23. The predicted molar refractivity (Wildman–Crippen MR) is 129 cm³/mol. The van der Waals surface area contributed by atoms with E-state index in [9.17, 15) is 4.79 Å². The fourth-order valence-corrected chi connectivity index (χ4v) is 6.63. The van der Waals surface area contributed by atoms with E-state index >= 15 is 0 Å². The van der Waals surface area contributed by atoms with Crippen LogP contribution in [0.15, 0.2) is 45.3 Å². The Morgan fingerprint density at radius 1 is 1.24 bits per heavy atom. The molecule has 0 radical (unpaired) electrons. The first-order valence-electron chi connectivity index (χ1n) is 10.5. The van der Waals surface area contributed by atoms with Crippen molar-refractivity contribution in [2.24, 2.45) is 5.92 Å². The van der Waals surface area contributed by atoms with Crippen molar-refractivity contribution < 1.29 is 0 Å². The van der Waals surface area contributed by atoms with Crippen molar-refractivity contribution in [2.75, 3.05) is 0 Å². The summed E-state index contributed by atoms with van der Waals surface area (Å²) in [6.45, 7) is 4.20. The monoisotopic (exact) mass is 495 g/mol. The number of aryl methyl sites for hydroxylation is 2. The Morgan fingerprint density at radius 3 is 2.97 bits per heavy atom. The van der Waals surface area contributed by atoms with Crippen LogP contribution in [0.1, 0.15) is 29.3 Å². The summed E-state index contributed by atoms with van der Waals surface area (Å²) in [5, 5.41) is 18.3. The van der Waals surface area contributed by atoms with E-state index in [2.05, 4.69) is 27.5 Å². The van der Waals surface area contributed by atoms with E-state index in [1.807, 2.05) is 31.2 Å². The minimum absolute atomic E-state index is 0.0713. The molecule has 0 saturated heterocycles. The van der Waals surface area contributed by atoms with Gasteiger partial charge in [0.25, 0.3) is 5.56 Å². The van der Waals surface area contributed by atoms with Gasteiger partial charge in [-0.2, -0.15) is 0 Å². The third-order valence-corrected chi connectivity index (χ3v) is 8.39. The minimum Gasteiger partial charge on any atom is -0.268 e. The lowest BCUT2D eigenvalue weighted by atomic mass is 9.89. The lowest BCUT2D eigenvalue weighted by Crippen LogP contribution is -2.22. The Balaban J connectivity index is 1.58. The molecule has 6 rings (SSSR count). The zero-order valence-electron chi connectivity index (χ0n) is 17.8. The number of benzene rings is 1. The van der Waals surface area contributed by atoms with Gasteiger partial charge in [-0.15, -0.1) is 26.2 Å². The van der Waals surface area contributed by atoms with Gasteiger partial charge in [-0.1, -0.05) is 24.6 Å². The fraction of sp³-hybridized carbons (Fsp3) is 0.273. The molecule has 4 aromatic heterocycles. The number of thiophene rings is 1. The summed E-state index contributed by atoms with van der Waals surface area (Å²) >= 11 is 9.37. The number of nitrogens with zero attached hydrogens (tertiary/aromatic N) is 7. The van der Waals surface area contributed by atoms with Crippen molar-refractivity contribution in [2.45, 2.75) is 43.3 Å². The van der Waals surface area contributed by atoms with Gasteiger partial charge >= 0.3 is 0 Å². The molecule has 1 aliphatic carbocycles. The summed E-state index contributed by atoms with van der Waals surface area (Å²) < 4.78 is 3.01. The lowest BCUT2D eigenvalue weighted by Gasteiger charge is -2.18. The molecule has 0 unspecified atom stereocenters. The van der Waals surface area contributed by atoms with E-state index in [1.165, 1.54) is 21.3 Å². The third-order valence-electron chi connectivity index (χ3n) is 5.95. The molecule has 1 aromatic carbocycles. The molecule has 1 atom stereocenters. The highest BCUT2D eigenvalue weighted by Crippen LogP contribution is 2.38. The second kappa shape index (κ2) is 7.89. The number of aromatic nitrogens is 7. The van der Waals surface area contributed by atoms with E-state index in [0.29, 0.717) is 32.5 Å². The third kappa shape index (κ3) is 3.53. The maximum Gasteiger partial charge on any atom is 0.267 e. The van der Waals surface area contributed by atoms with Crippen LogP contribution < -0.4 is 5.56 Å². The first kappa shape index (κ1) is 20.8. The van der Waals surface area contributed by atoms with Crippen molar-refractivity contribution in [3.8, 4) is 5.69 Å². The Hall–Kier alpha value is -2.82. The van der Waals surface area contributed by atoms with Gasteiger partial charge in [-0.25, -0.2) is 4.98 Å². The normalized spacial score (nSPS) is 15.9. The summed E-state index contributed by atoms with van der Waals surface area (Å²) in [5.74, 6) is 0.616. The second-order valence-electron chi connectivity index (χ2n) is 8.30. The van der Waals surface area contributed by atoms with Crippen LogP contribution in [-0.2, 0) is 12.8 Å². The number of tetrazole rings is 1. The van der Waals surface area contributed by atoms with Crippen LogP contribution in [0, 0.1) is 12.8 Å². The summed E-state index contributed by atoms with van der Waals surface area (Å²) in [5.41, 5.74) is 3.26. The van der Waals surface area contributed by atoms with Crippen LogP contribution in [0.5, 0.6) is 0 Å². The molecule has 166 valence electrons. The summed E-state index contributed by atoms with van der Waals surface area (Å²) in [7, 11) is 0. The molecule has 0 saturated carbocycles. The van der Waals surface area contributed by atoms with Gasteiger partial charge in [-0.05, 0) is 89.7 Å². The number of fused-ring (bicyclic) bond motifs is 4. The smallest absolute Gasteiger partial charge is 0.267 e. The molecule has 4 heterocycles. The molecule has 5 aromatic rings. The average Bonchev–Trinajstić information content (AvgIpc) is 3.39. The van der Waals surface area contributed by atoms with Gasteiger partial charge < -0.3 is 0 Å². The van der Waals surface area contributed by atoms with Crippen LogP contribution in [0.4, 0.5) is 0 Å². The van der Waals surface area contributed by atoms with Crippen LogP contribution in [0.3, 0.4) is 0 Å². The first-order valence-corrected chi connectivity index (χ1v) is 12.6. The fourth-order valence-electron chi connectivity index (χ4n) is 4.17. The van der Waals surface area contributed by atoms with Crippen molar-refractivity contribution in [1.29, 1.82) is 0 Å². The summed E-state index contributed by atoms with van der Waals surface area (Å²) in [4.78, 5) is 20.9. The van der Waals surface area contributed by atoms with Crippen LogP contribution in [-0.4, -0.2) is 34.8 Å². The molecule has 0 fully saturated rings. The number of rotatable bonds is 3. The number of halogens is 1. The highest BCUT2D eigenvalue weighted by atomic mass is 35.5. The van der Waals surface area contributed by atoms with Crippen LogP contribution in [0.2, 0.25) is 5.02 Å². The van der Waals surface area contributed by atoms with E-state index in [1.54, 1.807) is 22.0 Å². The number of hydrogen-bond acceptors (Lipinski definition) is 8. The quantitative estimate of drug-likeness (QED) is 0.340. The number of hydrogen-bond donors (Lipinski definition) is 0. The van der Waals surface area contributed by atoms with E-state index in [0.717, 1.165) is 40.6 Å². The molecule has 33 heavy (non-hydrogen) atoms. The van der Waals surface area contributed by atoms with Gasteiger partial charge in [0.05, 0.1) is 11.1 Å². The Morgan fingerprint density at radius 2 is 2.12 bits per heavy atom. The molecule has 1 aliphatic rings. The second-order valence-corrected chi connectivity index (χ2v) is 10.8. The van der Waals surface area contributed by atoms with E-state index in [-0.39, 0.29) is 5.56 Å². The zero-order valence-corrected chi connectivity index (χ0v) is 20.2. The van der Waals surface area contributed by atoms with Gasteiger partial charge in [0.1, 0.15) is 9.86 Å². The highest BCUT2D eigenvalue weighted by molar-refractivity contribution is 7.99. The standard InChI is InChI=1S/C22H18ClN7OS2/c1-11-3-6-14-16(9-11)32-20-19(14)21(31)29(13-5-4-12(2)15(23)10-13)22(24-20)33-18-8-7-17-25-27-28-30(17)26-18/h4-5,7-8,10-11H,3,6,9H2,1-2H3/t11-/m0/s1. The van der Waals surface area contributed by atoms with Gasteiger partial charge in [0.2, 0.25) is 0 Å². The van der Waals surface area contributed by atoms with Crippen molar-refractivity contribution in [3.63, 3.8) is 0 Å². The zero-order chi connectivity index (χ0) is 22.7. The Kier molecular flexibility index (Phi) is 4.97. The van der Waals surface area contributed by atoms with Crippen molar-refractivity contribution >= 4 is 50.6 Å². The predicted octanol–water partition coefficient (Wildman–Crippen LogP) is 4.52. The van der Waals surface area contributed by atoms with Crippen LogP contribution in [0.25, 0.3) is 21.6 Å². The van der Waals surface area contributed by atoms with Gasteiger partial charge in [-0.3, -0.25) is 9.36 Å². The molecular weight excluding hydrogens is 478 g/mol. The van der Waals surface area contributed by atoms with Crippen molar-refractivity contribution in [1.82, 2.24) is 34.8 Å². The molecule has 0 aliphatic heterocycles. The maximum atomic E-state index is 13.9. The van der Waals surface area contributed by atoms with Crippen LogP contribution >= 0.6 is 34.7 Å². The van der Waals surface area contributed by atoms with Crippen molar-refractivity contribution in [3.05, 3.63) is 61.7 Å². The molecular formula is C22H18ClN7OS2. The Labute approximate surface area is 201 Å². The molecule has 11 heteroatoms. The first-order chi connectivity index (χ1) is 16.0. The molecule has 0 N–H and O–H groups in total. The van der Waals surface area contributed by atoms with E-state index < -0.39 is 0 Å². The van der Waals surface area contributed by atoms with E-state index in [4.69, 9.17) is 16.6 Å². The largest absolute Gasteiger partial charge is 0.268 e. The maximum absolute atomic E-state index is 13.9.